The van der Waals surface area contributed by atoms with Crippen molar-refractivity contribution in [3.05, 3.63) is 35.4 Å². The van der Waals surface area contributed by atoms with Crippen LogP contribution in [0.2, 0.25) is 0 Å². The van der Waals surface area contributed by atoms with Gasteiger partial charge in [-0.15, -0.1) is 0 Å². The minimum absolute atomic E-state index is 0.0184. The molecule has 0 bridgehead atoms. The highest BCUT2D eigenvalue weighted by molar-refractivity contribution is 5.75. The lowest BCUT2D eigenvalue weighted by atomic mass is 9.99. The normalized spacial score (nSPS) is 26.2. The lowest BCUT2D eigenvalue weighted by Crippen LogP contribution is -2.41. The fourth-order valence-electron chi connectivity index (χ4n) is 3.68. The summed E-state index contributed by atoms with van der Waals surface area (Å²) in [6, 6.07) is 8.61. The van der Waals surface area contributed by atoms with Crippen molar-refractivity contribution < 1.29 is 9.90 Å². The zero-order valence-electron chi connectivity index (χ0n) is 13.3. The number of aliphatic hydroxyl groups excluding tert-OH is 1. The molecule has 2 amide bonds. The number of nitrogens with one attached hydrogen (secondary N) is 1. The Hall–Kier alpha value is -1.55. The number of carbonyl (C=O) groups excluding carboxylic acids is 1. The third-order valence-electron chi connectivity index (χ3n) is 5.11. The Kier molecular flexibility index (Phi) is 4.67. The summed E-state index contributed by atoms with van der Waals surface area (Å²) < 4.78 is 0. The highest BCUT2D eigenvalue weighted by atomic mass is 16.3. The van der Waals surface area contributed by atoms with Crippen molar-refractivity contribution in [2.45, 2.75) is 51.2 Å². The van der Waals surface area contributed by atoms with Crippen LogP contribution in [-0.2, 0) is 6.42 Å². The summed E-state index contributed by atoms with van der Waals surface area (Å²) in [5, 5.41) is 12.9. The molecule has 2 N–H and O–H groups in total. The van der Waals surface area contributed by atoms with E-state index in [4.69, 9.17) is 0 Å². The summed E-state index contributed by atoms with van der Waals surface area (Å²) >= 11 is 0. The Morgan fingerprint density at radius 3 is 2.91 bits per heavy atom. The molecule has 1 fully saturated rings. The van der Waals surface area contributed by atoms with Gasteiger partial charge in [-0.05, 0) is 43.7 Å². The largest absolute Gasteiger partial charge is 0.393 e. The predicted octanol–water partition coefficient (Wildman–Crippen LogP) is 2.87. The summed E-state index contributed by atoms with van der Waals surface area (Å²) in [6.07, 6.45) is 5.02. The summed E-state index contributed by atoms with van der Waals surface area (Å²) in [7, 11) is 0. The molecule has 1 aliphatic carbocycles. The second kappa shape index (κ2) is 6.69. The average molecular weight is 302 g/mol. The van der Waals surface area contributed by atoms with Gasteiger partial charge in [0, 0.05) is 19.0 Å². The number of amides is 2. The number of hydrogen-bond donors (Lipinski definition) is 2. The van der Waals surface area contributed by atoms with Crippen molar-refractivity contribution in [2.75, 3.05) is 13.1 Å². The van der Waals surface area contributed by atoms with Gasteiger partial charge in [0.2, 0.25) is 0 Å². The number of benzene rings is 1. The molecule has 4 nitrogen and oxygen atoms in total. The third kappa shape index (κ3) is 3.27. The van der Waals surface area contributed by atoms with Crippen LogP contribution >= 0.6 is 0 Å². The number of hydrogen-bond acceptors (Lipinski definition) is 2. The molecule has 0 radical (unpaired) electrons. The first-order valence-electron chi connectivity index (χ1n) is 8.46. The number of fused-ring (bicyclic) bond motifs is 1. The fraction of sp³-hybridized carbons (Fsp3) is 0.611. The predicted molar refractivity (Wildman–Crippen MR) is 86.6 cm³/mol. The van der Waals surface area contributed by atoms with Gasteiger partial charge in [-0.25, -0.2) is 4.79 Å². The van der Waals surface area contributed by atoms with Gasteiger partial charge in [-0.3, -0.25) is 0 Å². The minimum Gasteiger partial charge on any atom is -0.393 e. The van der Waals surface area contributed by atoms with E-state index in [9.17, 15) is 9.90 Å². The molecule has 1 aromatic rings. The Balaban J connectivity index is 1.67. The van der Waals surface area contributed by atoms with E-state index in [2.05, 4.69) is 29.6 Å². The van der Waals surface area contributed by atoms with Gasteiger partial charge in [0.15, 0.2) is 0 Å². The Labute approximate surface area is 132 Å². The number of aryl methyl sites for hydroxylation is 1. The van der Waals surface area contributed by atoms with E-state index in [1.54, 1.807) is 0 Å². The van der Waals surface area contributed by atoms with Crippen molar-refractivity contribution in [1.82, 2.24) is 10.2 Å². The molecular formula is C18H26N2O2. The van der Waals surface area contributed by atoms with E-state index in [0.29, 0.717) is 6.54 Å². The van der Waals surface area contributed by atoms with Gasteiger partial charge in [-0.2, -0.15) is 0 Å². The van der Waals surface area contributed by atoms with Crippen LogP contribution in [0.1, 0.15) is 49.8 Å². The lowest BCUT2D eigenvalue weighted by molar-refractivity contribution is 0.129. The molecule has 120 valence electrons. The molecule has 4 heteroatoms. The lowest BCUT2D eigenvalue weighted by Gasteiger charge is -2.24. The first-order chi connectivity index (χ1) is 10.6. The molecule has 1 saturated heterocycles. The van der Waals surface area contributed by atoms with Crippen LogP contribution in [0.15, 0.2) is 24.3 Å². The first kappa shape index (κ1) is 15.3. The molecule has 22 heavy (non-hydrogen) atoms. The number of nitrogens with zero attached hydrogens (tertiary/aromatic N) is 1. The molecular weight excluding hydrogens is 276 g/mol. The fourth-order valence-corrected chi connectivity index (χ4v) is 3.68. The maximum absolute atomic E-state index is 12.5. The van der Waals surface area contributed by atoms with E-state index in [0.717, 1.165) is 32.2 Å². The molecule has 2 aliphatic rings. The number of urea groups is 1. The number of aliphatic hydroxyl groups is 1. The van der Waals surface area contributed by atoms with Crippen molar-refractivity contribution in [2.24, 2.45) is 5.92 Å². The summed E-state index contributed by atoms with van der Waals surface area (Å²) in [5.41, 5.74) is 2.65. The molecule has 3 atom stereocenters. The van der Waals surface area contributed by atoms with Crippen LogP contribution < -0.4 is 5.32 Å². The Morgan fingerprint density at radius 1 is 1.32 bits per heavy atom. The molecule has 1 aliphatic heterocycles. The molecule has 1 aromatic carbocycles. The van der Waals surface area contributed by atoms with E-state index >= 15 is 0 Å². The topological polar surface area (TPSA) is 52.6 Å². The minimum atomic E-state index is -0.337. The Bertz CT molecular complexity index is 530. The SMILES string of the molecule is C[C@H](O)[C@H]1CCN(C(=O)N[C@@H]2CCCCc3ccccc32)C1. The summed E-state index contributed by atoms with van der Waals surface area (Å²) in [5.74, 6) is 0.215. The van der Waals surface area contributed by atoms with Crippen LogP contribution in [0.5, 0.6) is 0 Å². The summed E-state index contributed by atoms with van der Waals surface area (Å²) in [4.78, 5) is 14.4. The van der Waals surface area contributed by atoms with Crippen molar-refractivity contribution in [3.8, 4) is 0 Å². The monoisotopic (exact) mass is 302 g/mol. The number of likely N-dealkylation sites (tertiary alicyclic amines) is 1. The van der Waals surface area contributed by atoms with Crippen molar-refractivity contribution >= 4 is 6.03 Å². The molecule has 0 aromatic heterocycles. The maximum atomic E-state index is 12.5. The molecule has 3 rings (SSSR count). The van der Waals surface area contributed by atoms with E-state index in [1.807, 2.05) is 11.8 Å². The second-order valence-corrected chi connectivity index (χ2v) is 6.68. The van der Waals surface area contributed by atoms with E-state index < -0.39 is 0 Å². The second-order valence-electron chi connectivity index (χ2n) is 6.68. The molecule has 0 saturated carbocycles. The molecule has 1 heterocycles. The van der Waals surface area contributed by atoms with Gasteiger partial charge in [0.25, 0.3) is 0 Å². The quantitative estimate of drug-likeness (QED) is 0.825. The number of carbonyl (C=O) groups is 1. The first-order valence-corrected chi connectivity index (χ1v) is 8.46. The van der Waals surface area contributed by atoms with E-state index in [1.165, 1.54) is 17.5 Å². The average Bonchev–Trinajstić information content (AvgIpc) is 2.93. The maximum Gasteiger partial charge on any atom is 0.317 e. The van der Waals surface area contributed by atoms with Crippen LogP contribution in [0.3, 0.4) is 0 Å². The summed E-state index contributed by atoms with van der Waals surface area (Å²) in [6.45, 7) is 3.22. The van der Waals surface area contributed by atoms with E-state index in [-0.39, 0.29) is 24.1 Å². The smallest absolute Gasteiger partial charge is 0.317 e. The van der Waals surface area contributed by atoms with Crippen LogP contribution in [0.25, 0.3) is 0 Å². The Morgan fingerprint density at radius 2 is 2.14 bits per heavy atom. The standard InChI is InChI=1S/C18H26N2O2/c1-13(21)15-10-11-20(12-15)18(22)19-17-9-5-3-7-14-6-2-4-8-16(14)17/h2,4,6,8,13,15,17,21H,3,5,7,9-12H2,1H3,(H,19,22)/t13-,15-,17+/m0/s1. The van der Waals surface area contributed by atoms with Gasteiger partial charge in [0.05, 0.1) is 12.1 Å². The van der Waals surface area contributed by atoms with Gasteiger partial charge in [0.1, 0.15) is 0 Å². The van der Waals surface area contributed by atoms with Crippen LogP contribution in [-0.4, -0.2) is 35.2 Å². The zero-order valence-corrected chi connectivity index (χ0v) is 13.3. The zero-order chi connectivity index (χ0) is 15.5. The van der Waals surface area contributed by atoms with Crippen molar-refractivity contribution in [3.63, 3.8) is 0 Å². The van der Waals surface area contributed by atoms with Crippen LogP contribution in [0, 0.1) is 5.92 Å². The van der Waals surface area contributed by atoms with Crippen LogP contribution in [0.4, 0.5) is 4.79 Å². The third-order valence-corrected chi connectivity index (χ3v) is 5.11. The van der Waals surface area contributed by atoms with Crippen molar-refractivity contribution in [1.29, 1.82) is 0 Å². The van der Waals surface area contributed by atoms with Gasteiger partial charge >= 0.3 is 6.03 Å². The number of rotatable bonds is 2. The highest BCUT2D eigenvalue weighted by Crippen LogP contribution is 2.29. The highest BCUT2D eigenvalue weighted by Gasteiger charge is 2.30. The van der Waals surface area contributed by atoms with Gasteiger partial charge in [-0.1, -0.05) is 30.7 Å². The van der Waals surface area contributed by atoms with Gasteiger partial charge < -0.3 is 15.3 Å². The molecule has 0 spiro atoms. The molecule has 0 unspecified atom stereocenters.